The molecule has 14 heavy (non-hydrogen) atoms. The first-order valence-corrected chi connectivity index (χ1v) is 5.34. The minimum atomic E-state index is 0.596. The van der Waals surface area contributed by atoms with E-state index in [1.165, 1.54) is 20.5 Å². The Bertz CT molecular complexity index is 462. The highest BCUT2D eigenvalue weighted by molar-refractivity contribution is 7.19. The monoisotopic (exact) mass is 207 g/mol. The van der Waals surface area contributed by atoms with Crippen LogP contribution in [0.1, 0.15) is 10.4 Å². The summed E-state index contributed by atoms with van der Waals surface area (Å²) < 4.78 is 6.48. The number of benzene rings is 1. The van der Waals surface area contributed by atoms with Crippen molar-refractivity contribution < 1.29 is 4.74 Å². The van der Waals surface area contributed by atoms with Crippen molar-refractivity contribution in [1.82, 2.24) is 0 Å². The van der Waals surface area contributed by atoms with Crippen LogP contribution in [0, 0.1) is 6.92 Å². The zero-order chi connectivity index (χ0) is 10.1. The summed E-state index contributed by atoms with van der Waals surface area (Å²) in [5.74, 6) is 0.894. The van der Waals surface area contributed by atoms with Gasteiger partial charge in [-0.25, -0.2) is 0 Å². The quantitative estimate of drug-likeness (QED) is 0.821. The molecule has 0 aliphatic heterocycles. The molecule has 2 rings (SSSR count). The first-order valence-electron chi connectivity index (χ1n) is 4.52. The molecular weight excluding hydrogens is 194 g/mol. The molecular formula is C11H13NOS. The summed E-state index contributed by atoms with van der Waals surface area (Å²) in [7, 11) is 1.68. The van der Waals surface area contributed by atoms with Gasteiger partial charge in [-0.15, -0.1) is 11.3 Å². The van der Waals surface area contributed by atoms with E-state index in [0.717, 1.165) is 5.75 Å². The molecule has 0 radical (unpaired) electrons. The maximum Gasteiger partial charge on any atom is 0.119 e. The second-order valence-corrected chi connectivity index (χ2v) is 4.46. The molecule has 0 saturated carbocycles. The molecule has 74 valence electrons. The van der Waals surface area contributed by atoms with Crippen LogP contribution in [0.3, 0.4) is 0 Å². The fourth-order valence-corrected chi connectivity index (χ4v) is 2.71. The summed E-state index contributed by atoms with van der Waals surface area (Å²) in [4.78, 5) is 1.30. The lowest BCUT2D eigenvalue weighted by Gasteiger charge is -2.00. The van der Waals surface area contributed by atoms with Crippen molar-refractivity contribution in [3.63, 3.8) is 0 Å². The Hall–Kier alpha value is -1.06. The molecule has 0 atom stereocenters. The van der Waals surface area contributed by atoms with Gasteiger partial charge in [0.05, 0.1) is 7.11 Å². The Morgan fingerprint density at radius 1 is 1.43 bits per heavy atom. The fraction of sp³-hybridized carbons (Fsp3) is 0.273. The number of aryl methyl sites for hydroxylation is 1. The fourth-order valence-electron chi connectivity index (χ4n) is 1.63. The summed E-state index contributed by atoms with van der Waals surface area (Å²) in [6.07, 6.45) is 0. The zero-order valence-corrected chi connectivity index (χ0v) is 9.15. The number of ether oxygens (including phenoxy) is 1. The second kappa shape index (κ2) is 3.59. The van der Waals surface area contributed by atoms with Gasteiger partial charge in [0.25, 0.3) is 0 Å². The highest BCUT2D eigenvalue weighted by atomic mass is 32.1. The van der Waals surface area contributed by atoms with Gasteiger partial charge >= 0.3 is 0 Å². The van der Waals surface area contributed by atoms with Gasteiger partial charge in [0, 0.05) is 21.5 Å². The van der Waals surface area contributed by atoms with E-state index in [1.807, 2.05) is 6.07 Å². The lowest BCUT2D eigenvalue weighted by Crippen LogP contribution is -1.96. The number of hydrogen-bond acceptors (Lipinski definition) is 3. The maximum absolute atomic E-state index is 5.72. The SMILES string of the molecule is COc1ccc2sc(C)c(CN)c2c1. The van der Waals surface area contributed by atoms with E-state index in [9.17, 15) is 0 Å². The number of thiophene rings is 1. The smallest absolute Gasteiger partial charge is 0.119 e. The van der Waals surface area contributed by atoms with Crippen molar-refractivity contribution in [3.05, 3.63) is 28.6 Å². The Labute approximate surface area is 87.3 Å². The number of nitrogens with two attached hydrogens (primary N) is 1. The number of hydrogen-bond donors (Lipinski definition) is 1. The molecule has 2 nitrogen and oxygen atoms in total. The van der Waals surface area contributed by atoms with E-state index in [1.54, 1.807) is 18.4 Å². The molecule has 1 aromatic heterocycles. The van der Waals surface area contributed by atoms with Crippen molar-refractivity contribution in [2.45, 2.75) is 13.5 Å². The maximum atomic E-state index is 5.72. The van der Waals surface area contributed by atoms with Crippen LogP contribution in [-0.2, 0) is 6.54 Å². The highest BCUT2D eigenvalue weighted by Gasteiger charge is 2.07. The van der Waals surface area contributed by atoms with Gasteiger partial charge in [-0.1, -0.05) is 0 Å². The van der Waals surface area contributed by atoms with E-state index in [-0.39, 0.29) is 0 Å². The van der Waals surface area contributed by atoms with E-state index in [4.69, 9.17) is 10.5 Å². The zero-order valence-electron chi connectivity index (χ0n) is 8.33. The molecule has 0 spiro atoms. The summed E-state index contributed by atoms with van der Waals surface area (Å²) in [6.45, 7) is 2.71. The topological polar surface area (TPSA) is 35.2 Å². The summed E-state index contributed by atoms with van der Waals surface area (Å²) in [6, 6.07) is 6.13. The summed E-state index contributed by atoms with van der Waals surface area (Å²) in [5.41, 5.74) is 6.96. The third-order valence-corrected chi connectivity index (χ3v) is 3.53. The third-order valence-electron chi connectivity index (χ3n) is 2.40. The van der Waals surface area contributed by atoms with E-state index in [0.29, 0.717) is 6.54 Å². The van der Waals surface area contributed by atoms with Gasteiger partial charge in [-0.2, -0.15) is 0 Å². The normalized spacial score (nSPS) is 10.8. The average Bonchev–Trinajstić information content (AvgIpc) is 2.52. The van der Waals surface area contributed by atoms with Crippen LogP contribution in [0.25, 0.3) is 10.1 Å². The minimum absolute atomic E-state index is 0.596. The molecule has 2 N–H and O–H groups in total. The molecule has 0 amide bonds. The molecule has 1 aromatic carbocycles. The predicted molar refractivity (Wildman–Crippen MR) is 61.0 cm³/mol. The lowest BCUT2D eigenvalue weighted by atomic mass is 10.1. The average molecular weight is 207 g/mol. The van der Waals surface area contributed by atoms with Crippen LogP contribution in [0.15, 0.2) is 18.2 Å². The Kier molecular flexibility index (Phi) is 2.44. The highest BCUT2D eigenvalue weighted by Crippen LogP contribution is 2.32. The molecule has 1 heterocycles. The molecule has 0 fully saturated rings. The van der Waals surface area contributed by atoms with Crippen LogP contribution < -0.4 is 10.5 Å². The third kappa shape index (κ3) is 1.38. The van der Waals surface area contributed by atoms with Crippen LogP contribution >= 0.6 is 11.3 Å². The van der Waals surface area contributed by atoms with Gasteiger partial charge in [0.15, 0.2) is 0 Å². The molecule has 0 unspecified atom stereocenters. The first kappa shape index (κ1) is 9.49. The summed E-state index contributed by atoms with van der Waals surface area (Å²) >= 11 is 1.79. The number of rotatable bonds is 2. The van der Waals surface area contributed by atoms with Gasteiger partial charge in [0.1, 0.15) is 5.75 Å². The first-order chi connectivity index (χ1) is 6.76. The van der Waals surface area contributed by atoms with Crippen LogP contribution in [0.5, 0.6) is 5.75 Å². The van der Waals surface area contributed by atoms with Crippen molar-refractivity contribution in [2.24, 2.45) is 5.73 Å². The van der Waals surface area contributed by atoms with Crippen molar-refractivity contribution in [3.8, 4) is 5.75 Å². The molecule has 3 heteroatoms. The van der Waals surface area contributed by atoms with Gasteiger partial charge in [-0.05, 0) is 30.7 Å². The van der Waals surface area contributed by atoms with E-state index in [2.05, 4.69) is 19.1 Å². The second-order valence-electron chi connectivity index (χ2n) is 3.20. The Balaban J connectivity index is 2.71. The van der Waals surface area contributed by atoms with Crippen LogP contribution in [-0.4, -0.2) is 7.11 Å². The molecule has 0 aliphatic carbocycles. The predicted octanol–water partition coefficient (Wildman–Crippen LogP) is 2.68. The van der Waals surface area contributed by atoms with E-state index < -0.39 is 0 Å². The standard InChI is InChI=1S/C11H13NOS/c1-7-10(6-12)9-5-8(13-2)3-4-11(9)14-7/h3-5H,6,12H2,1-2H3. The summed E-state index contributed by atoms with van der Waals surface area (Å²) in [5, 5.41) is 1.23. The van der Waals surface area contributed by atoms with Gasteiger partial charge < -0.3 is 10.5 Å². The number of methoxy groups -OCH3 is 1. The van der Waals surface area contributed by atoms with Crippen molar-refractivity contribution in [1.29, 1.82) is 0 Å². The van der Waals surface area contributed by atoms with Crippen LogP contribution in [0.4, 0.5) is 0 Å². The van der Waals surface area contributed by atoms with Gasteiger partial charge in [-0.3, -0.25) is 0 Å². The molecule has 2 aromatic rings. The molecule has 0 aliphatic rings. The molecule has 0 bridgehead atoms. The van der Waals surface area contributed by atoms with Crippen molar-refractivity contribution >= 4 is 21.4 Å². The number of fused-ring (bicyclic) bond motifs is 1. The molecule has 0 saturated heterocycles. The Morgan fingerprint density at radius 2 is 2.21 bits per heavy atom. The largest absolute Gasteiger partial charge is 0.497 e. The van der Waals surface area contributed by atoms with Crippen LogP contribution in [0.2, 0.25) is 0 Å². The minimum Gasteiger partial charge on any atom is -0.497 e. The van der Waals surface area contributed by atoms with Crippen molar-refractivity contribution in [2.75, 3.05) is 7.11 Å². The lowest BCUT2D eigenvalue weighted by molar-refractivity contribution is 0.415. The van der Waals surface area contributed by atoms with Gasteiger partial charge in [0.2, 0.25) is 0 Å². The van der Waals surface area contributed by atoms with E-state index >= 15 is 0 Å². The Morgan fingerprint density at radius 3 is 2.86 bits per heavy atom.